The van der Waals surface area contributed by atoms with Gasteiger partial charge in [0, 0.05) is 23.6 Å². The van der Waals surface area contributed by atoms with Gasteiger partial charge in [-0.2, -0.15) is 0 Å². The first-order valence-corrected chi connectivity index (χ1v) is 4.69. The van der Waals surface area contributed by atoms with E-state index in [1.165, 1.54) is 0 Å². The highest BCUT2D eigenvalue weighted by atomic mass is 79.9. The molecule has 1 aliphatic heterocycles. The van der Waals surface area contributed by atoms with Crippen molar-refractivity contribution < 1.29 is 4.79 Å². The van der Waals surface area contributed by atoms with E-state index < -0.39 is 0 Å². The quantitative estimate of drug-likeness (QED) is 0.752. The molecule has 2 heterocycles. The van der Waals surface area contributed by atoms with Crippen LogP contribution in [0.15, 0.2) is 16.7 Å². The maximum atomic E-state index is 11.1. The topological polar surface area (TPSA) is 59.2 Å². The van der Waals surface area contributed by atoms with Crippen molar-refractivity contribution in [3.8, 4) is 0 Å². The van der Waals surface area contributed by atoms with Gasteiger partial charge in [0.2, 0.25) is 5.91 Å². The van der Waals surface area contributed by atoms with E-state index in [0.717, 1.165) is 11.0 Å². The van der Waals surface area contributed by atoms with Gasteiger partial charge in [-0.25, -0.2) is 4.98 Å². The van der Waals surface area contributed by atoms with Crippen molar-refractivity contribution >= 4 is 33.3 Å². The van der Waals surface area contributed by atoms with Crippen molar-refractivity contribution in [2.45, 2.75) is 6.42 Å². The molecule has 0 radical (unpaired) electrons. The number of nitrogen functional groups attached to an aromatic ring is 1. The number of anilines is 2. The summed E-state index contributed by atoms with van der Waals surface area (Å²) in [5, 5.41) is 0. The van der Waals surface area contributed by atoms with Crippen LogP contribution >= 0.6 is 15.9 Å². The molecule has 0 unspecified atom stereocenters. The number of hydrogen-bond donors (Lipinski definition) is 1. The zero-order chi connectivity index (χ0) is 9.42. The summed E-state index contributed by atoms with van der Waals surface area (Å²) in [4.78, 5) is 16.7. The summed E-state index contributed by atoms with van der Waals surface area (Å²) in [6.07, 6.45) is 2.22. The van der Waals surface area contributed by atoms with Gasteiger partial charge in [-0.1, -0.05) is 0 Å². The molecular weight excluding hydrogens is 234 g/mol. The molecule has 2 rings (SSSR count). The summed E-state index contributed by atoms with van der Waals surface area (Å²) in [6.45, 7) is 0.737. The smallest absolute Gasteiger partial charge is 0.228 e. The lowest BCUT2D eigenvalue weighted by Gasteiger charge is -2.31. The van der Waals surface area contributed by atoms with E-state index >= 15 is 0 Å². The van der Waals surface area contributed by atoms with E-state index in [2.05, 4.69) is 20.9 Å². The predicted octanol–water partition coefficient (Wildman–Crippen LogP) is 1.16. The average molecular weight is 242 g/mol. The van der Waals surface area contributed by atoms with Crippen LogP contribution < -0.4 is 10.6 Å². The summed E-state index contributed by atoms with van der Waals surface area (Å²) in [5.74, 6) is 0.503. The molecule has 1 aromatic rings. The fourth-order valence-electron chi connectivity index (χ4n) is 1.23. The first-order chi connectivity index (χ1) is 6.18. The largest absolute Gasteiger partial charge is 0.382 e. The fraction of sp³-hybridized carbons (Fsp3) is 0.250. The highest BCUT2D eigenvalue weighted by Crippen LogP contribution is 2.28. The van der Waals surface area contributed by atoms with Crippen LogP contribution in [0.25, 0.3) is 0 Å². The molecule has 2 N–H and O–H groups in total. The summed E-state index contributed by atoms with van der Waals surface area (Å²) in [6, 6.07) is 1.80. The van der Waals surface area contributed by atoms with Gasteiger partial charge in [0.25, 0.3) is 0 Å². The Bertz CT molecular complexity index is 366. The van der Waals surface area contributed by atoms with Crippen LogP contribution in [0, 0.1) is 0 Å². The molecule has 0 spiro atoms. The molecule has 5 heteroatoms. The lowest BCUT2D eigenvalue weighted by atomic mass is 10.2. The van der Waals surface area contributed by atoms with Gasteiger partial charge in [-0.3, -0.25) is 4.79 Å². The van der Waals surface area contributed by atoms with Crippen molar-refractivity contribution in [1.29, 1.82) is 0 Å². The molecule has 0 aliphatic carbocycles. The van der Waals surface area contributed by atoms with E-state index in [-0.39, 0.29) is 5.91 Å². The Labute approximate surface area is 83.9 Å². The lowest BCUT2D eigenvalue weighted by Crippen LogP contribution is -2.43. The van der Waals surface area contributed by atoms with E-state index in [9.17, 15) is 4.79 Å². The number of aromatic nitrogens is 1. The number of amides is 1. The van der Waals surface area contributed by atoms with Crippen LogP contribution in [0.2, 0.25) is 0 Å². The van der Waals surface area contributed by atoms with Gasteiger partial charge < -0.3 is 10.6 Å². The Morgan fingerprint density at radius 3 is 2.92 bits per heavy atom. The standard InChI is InChI=1S/C8H8BrN3O/c9-5-3-6(8(10)11-4-5)12-2-1-7(12)13/h3-4H,1-2H2,(H2,10,11). The van der Waals surface area contributed by atoms with Crippen LogP contribution in [-0.4, -0.2) is 17.4 Å². The van der Waals surface area contributed by atoms with E-state index in [1.807, 2.05) is 0 Å². The number of carbonyl (C=O) groups is 1. The molecule has 1 amide bonds. The first kappa shape index (κ1) is 8.50. The van der Waals surface area contributed by atoms with Gasteiger partial charge in [0.05, 0.1) is 5.69 Å². The molecule has 0 bridgehead atoms. The number of halogens is 1. The van der Waals surface area contributed by atoms with Crippen LogP contribution in [0.4, 0.5) is 11.5 Å². The zero-order valence-corrected chi connectivity index (χ0v) is 8.41. The van der Waals surface area contributed by atoms with Crippen LogP contribution in [0.5, 0.6) is 0 Å². The number of nitrogens with two attached hydrogens (primary N) is 1. The summed E-state index contributed by atoms with van der Waals surface area (Å²) >= 11 is 3.28. The van der Waals surface area contributed by atoms with Crippen molar-refractivity contribution in [1.82, 2.24) is 4.98 Å². The number of pyridine rings is 1. The van der Waals surface area contributed by atoms with Crippen LogP contribution in [0.3, 0.4) is 0 Å². The third-order valence-corrected chi connectivity index (χ3v) is 2.44. The van der Waals surface area contributed by atoms with Gasteiger partial charge in [-0.15, -0.1) is 0 Å². The third-order valence-electron chi connectivity index (χ3n) is 2.01. The average Bonchev–Trinajstić information content (AvgIpc) is 2.09. The minimum Gasteiger partial charge on any atom is -0.382 e. The van der Waals surface area contributed by atoms with E-state index in [4.69, 9.17) is 5.73 Å². The Morgan fingerprint density at radius 2 is 2.38 bits per heavy atom. The summed E-state index contributed by atoms with van der Waals surface area (Å²) in [5.41, 5.74) is 6.34. The highest BCUT2D eigenvalue weighted by molar-refractivity contribution is 9.10. The fourth-order valence-corrected chi connectivity index (χ4v) is 1.54. The monoisotopic (exact) mass is 241 g/mol. The van der Waals surface area contributed by atoms with Crippen molar-refractivity contribution in [2.75, 3.05) is 17.2 Å². The first-order valence-electron chi connectivity index (χ1n) is 3.90. The molecule has 4 nitrogen and oxygen atoms in total. The van der Waals surface area contributed by atoms with Crippen molar-refractivity contribution in [3.63, 3.8) is 0 Å². The molecule has 1 saturated heterocycles. The number of carbonyl (C=O) groups excluding carboxylic acids is 1. The number of nitrogens with zero attached hydrogens (tertiary/aromatic N) is 2. The van der Waals surface area contributed by atoms with Crippen molar-refractivity contribution in [3.05, 3.63) is 16.7 Å². The Hall–Kier alpha value is -1.10. The molecule has 1 fully saturated rings. The normalized spacial score (nSPS) is 15.8. The lowest BCUT2D eigenvalue weighted by molar-refractivity contribution is -0.122. The molecule has 1 aliphatic rings. The summed E-state index contributed by atoms with van der Waals surface area (Å²) < 4.78 is 0.830. The molecule has 0 aromatic carbocycles. The molecule has 0 atom stereocenters. The minimum atomic E-state index is 0.103. The number of β-lactam (4-membered cyclic amide) rings is 1. The van der Waals surface area contributed by atoms with Gasteiger partial charge >= 0.3 is 0 Å². The highest BCUT2D eigenvalue weighted by Gasteiger charge is 2.27. The Kier molecular flexibility index (Phi) is 1.95. The second-order valence-corrected chi connectivity index (χ2v) is 3.77. The maximum absolute atomic E-state index is 11.1. The zero-order valence-electron chi connectivity index (χ0n) is 6.83. The van der Waals surface area contributed by atoms with E-state index in [1.54, 1.807) is 17.2 Å². The Morgan fingerprint density at radius 1 is 1.62 bits per heavy atom. The van der Waals surface area contributed by atoms with Crippen LogP contribution in [0.1, 0.15) is 6.42 Å². The summed E-state index contributed by atoms with van der Waals surface area (Å²) in [7, 11) is 0. The molecule has 0 saturated carbocycles. The van der Waals surface area contributed by atoms with Gasteiger partial charge in [0.15, 0.2) is 0 Å². The SMILES string of the molecule is Nc1ncc(Br)cc1N1CCC1=O. The van der Waals surface area contributed by atoms with Crippen molar-refractivity contribution in [2.24, 2.45) is 0 Å². The molecule has 13 heavy (non-hydrogen) atoms. The maximum Gasteiger partial charge on any atom is 0.228 e. The van der Waals surface area contributed by atoms with E-state index in [0.29, 0.717) is 17.9 Å². The number of hydrogen-bond acceptors (Lipinski definition) is 3. The molecule has 68 valence electrons. The van der Waals surface area contributed by atoms with Gasteiger partial charge in [0.1, 0.15) is 5.82 Å². The third kappa shape index (κ3) is 1.39. The number of rotatable bonds is 1. The van der Waals surface area contributed by atoms with Crippen LogP contribution in [-0.2, 0) is 4.79 Å². The van der Waals surface area contributed by atoms with Gasteiger partial charge in [-0.05, 0) is 22.0 Å². The predicted molar refractivity (Wildman–Crippen MR) is 53.3 cm³/mol. The second-order valence-electron chi connectivity index (χ2n) is 2.85. The molecule has 1 aromatic heterocycles. The second kappa shape index (κ2) is 2.99. The molecular formula is C8H8BrN3O. The Balaban J connectivity index is 2.38. The minimum absolute atomic E-state index is 0.103.